The Morgan fingerprint density at radius 1 is 1.50 bits per heavy atom. The standard InChI is InChI=1S/C13H18N2O3/c1-8-3-6-12(18-8)13(16)15-11-7-9(17-2)4-5-10(11)14/h4-5,7-8,12H,3,6,14H2,1-2H3,(H,15,16). The Morgan fingerprint density at radius 2 is 2.28 bits per heavy atom. The van der Waals surface area contributed by atoms with Crippen molar-refractivity contribution in [3.8, 4) is 5.75 Å². The molecule has 2 atom stereocenters. The van der Waals surface area contributed by atoms with Gasteiger partial charge in [0, 0.05) is 6.07 Å². The number of ether oxygens (including phenoxy) is 2. The molecule has 1 aliphatic rings. The summed E-state index contributed by atoms with van der Waals surface area (Å²) in [6.07, 6.45) is 1.41. The van der Waals surface area contributed by atoms with E-state index in [-0.39, 0.29) is 18.1 Å². The van der Waals surface area contributed by atoms with E-state index in [1.165, 1.54) is 0 Å². The summed E-state index contributed by atoms with van der Waals surface area (Å²) < 4.78 is 10.6. The lowest BCUT2D eigenvalue weighted by Crippen LogP contribution is -2.28. The second-order valence-electron chi connectivity index (χ2n) is 4.46. The van der Waals surface area contributed by atoms with Crippen molar-refractivity contribution >= 4 is 17.3 Å². The van der Waals surface area contributed by atoms with Crippen LogP contribution in [0.5, 0.6) is 5.75 Å². The van der Waals surface area contributed by atoms with Gasteiger partial charge in [0.2, 0.25) is 0 Å². The van der Waals surface area contributed by atoms with Crippen LogP contribution in [0.3, 0.4) is 0 Å². The number of hydrogen-bond acceptors (Lipinski definition) is 4. The number of amides is 1. The summed E-state index contributed by atoms with van der Waals surface area (Å²) in [6, 6.07) is 5.15. The van der Waals surface area contributed by atoms with Crippen molar-refractivity contribution in [2.24, 2.45) is 0 Å². The van der Waals surface area contributed by atoms with Gasteiger partial charge in [-0.25, -0.2) is 0 Å². The van der Waals surface area contributed by atoms with Crippen molar-refractivity contribution in [2.45, 2.75) is 32.0 Å². The van der Waals surface area contributed by atoms with Gasteiger partial charge in [0.15, 0.2) is 0 Å². The molecular weight excluding hydrogens is 232 g/mol. The van der Waals surface area contributed by atoms with Gasteiger partial charge in [0.25, 0.3) is 5.91 Å². The van der Waals surface area contributed by atoms with Gasteiger partial charge in [-0.3, -0.25) is 4.79 Å². The summed E-state index contributed by atoms with van der Waals surface area (Å²) in [5.41, 5.74) is 6.87. The normalized spacial score (nSPS) is 22.8. The molecule has 0 radical (unpaired) electrons. The Bertz CT molecular complexity index is 448. The minimum atomic E-state index is -0.384. The highest BCUT2D eigenvalue weighted by Gasteiger charge is 2.28. The minimum absolute atomic E-state index is 0.142. The molecule has 98 valence electrons. The first-order valence-electron chi connectivity index (χ1n) is 6.00. The molecule has 5 nitrogen and oxygen atoms in total. The number of methoxy groups -OCH3 is 1. The molecule has 3 N–H and O–H groups in total. The van der Waals surface area contributed by atoms with Crippen LogP contribution in [0.25, 0.3) is 0 Å². The third kappa shape index (κ3) is 2.73. The van der Waals surface area contributed by atoms with Crippen LogP contribution in [0.2, 0.25) is 0 Å². The summed E-state index contributed by atoms with van der Waals surface area (Å²) in [5, 5.41) is 2.78. The topological polar surface area (TPSA) is 73.6 Å². The smallest absolute Gasteiger partial charge is 0.253 e. The molecular formula is C13H18N2O3. The van der Waals surface area contributed by atoms with Crippen molar-refractivity contribution in [1.82, 2.24) is 0 Å². The van der Waals surface area contributed by atoms with Crippen LogP contribution in [0, 0.1) is 0 Å². The number of rotatable bonds is 3. The van der Waals surface area contributed by atoms with Crippen LogP contribution >= 0.6 is 0 Å². The Hall–Kier alpha value is -1.75. The van der Waals surface area contributed by atoms with Gasteiger partial charge >= 0.3 is 0 Å². The predicted octanol–water partition coefficient (Wildman–Crippen LogP) is 1.78. The highest BCUT2D eigenvalue weighted by molar-refractivity contribution is 5.97. The van der Waals surface area contributed by atoms with Crippen molar-refractivity contribution in [1.29, 1.82) is 0 Å². The van der Waals surface area contributed by atoms with E-state index in [1.54, 1.807) is 25.3 Å². The molecule has 1 aliphatic heterocycles. The van der Waals surface area contributed by atoms with E-state index in [0.29, 0.717) is 17.1 Å². The molecule has 0 spiro atoms. The molecule has 1 heterocycles. The third-order valence-corrected chi connectivity index (χ3v) is 3.04. The maximum atomic E-state index is 12.0. The molecule has 1 saturated heterocycles. The second-order valence-corrected chi connectivity index (χ2v) is 4.46. The number of benzene rings is 1. The van der Waals surface area contributed by atoms with Crippen LogP contribution in [-0.4, -0.2) is 25.2 Å². The molecule has 1 aromatic carbocycles. The number of carbonyl (C=O) groups is 1. The molecule has 0 aromatic heterocycles. The zero-order chi connectivity index (χ0) is 13.1. The average Bonchev–Trinajstić information content (AvgIpc) is 2.79. The molecule has 2 unspecified atom stereocenters. The lowest BCUT2D eigenvalue weighted by Gasteiger charge is -2.13. The van der Waals surface area contributed by atoms with E-state index in [2.05, 4.69) is 5.32 Å². The SMILES string of the molecule is COc1ccc(N)c(NC(=O)C2CCC(C)O2)c1. The second kappa shape index (κ2) is 5.27. The first-order valence-corrected chi connectivity index (χ1v) is 6.00. The fourth-order valence-electron chi connectivity index (χ4n) is 1.98. The summed E-state index contributed by atoms with van der Waals surface area (Å²) >= 11 is 0. The number of hydrogen-bond donors (Lipinski definition) is 2. The number of carbonyl (C=O) groups excluding carboxylic acids is 1. The van der Waals surface area contributed by atoms with Gasteiger partial charge in [0.1, 0.15) is 11.9 Å². The molecule has 0 saturated carbocycles. The number of nitrogen functional groups attached to an aromatic ring is 1. The Labute approximate surface area is 106 Å². The molecule has 18 heavy (non-hydrogen) atoms. The lowest BCUT2D eigenvalue weighted by molar-refractivity contribution is -0.126. The quantitative estimate of drug-likeness (QED) is 0.802. The zero-order valence-corrected chi connectivity index (χ0v) is 10.6. The lowest BCUT2D eigenvalue weighted by atomic mass is 10.2. The van der Waals surface area contributed by atoms with Gasteiger partial charge < -0.3 is 20.5 Å². The van der Waals surface area contributed by atoms with Crippen molar-refractivity contribution < 1.29 is 14.3 Å². The molecule has 1 aromatic rings. The van der Waals surface area contributed by atoms with E-state index in [1.807, 2.05) is 6.92 Å². The zero-order valence-electron chi connectivity index (χ0n) is 10.6. The van der Waals surface area contributed by atoms with E-state index in [0.717, 1.165) is 12.8 Å². The third-order valence-electron chi connectivity index (χ3n) is 3.04. The molecule has 1 fully saturated rings. The van der Waals surface area contributed by atoms with Crippen LogP contribution in [0.4, 0.5) is 11.4 Å². The van der Waals surface area contributed by atoms with Crippen LogP contribution in [0.1, 0.15) is 19.8 Å². The maximum absolute atomic E-state index is 12.0. The van der Waals surface area contributed by atoms with Gasteiger partial charge in [-0.2, -0.15) is 0 Å². The summed E-state index contributed by atoms with van der Waals surface area (Å²) in [6.45, 7) is 1.97. The molecule has 0 aliphatic carbocycles. The fraction of sp³-hybridized carbons (Fsp3) is 0.462. The maximum Gasteiger partial charge on any atom is 0.253 e. The van der Waals surface area contributed by atoms with E-state index in [9.17, 15) is 4.79 Å². The van der Waals surface area contributed by atoms with Crippen LogP contribution < -0.4 is 15.8 Å². The summed E-state index contributed by atoms with van der Waals surface area (Å²) in [5.74, 6) is 0.500. The van der Waals surface area contributed by atoms with Crippen LogP contribution in [0.15, 0.2) is 18.2 Å². The Kier molecular flexibility index (Phi) is 3.72. The molecule has 2 rings (SSSR count). The van der Waals surface area contributed by atoms with Gasteiger partial charge in [-0.15, -0.1) is 0 Å². The molecule has 1 amide bonds. The first-order chi connectivity index (χ1) is 8.60. The van der Waals surface area contributed by atoms with Crippen molar-refractivity contribution in [2.75, 3.05) is 18.2 Å². The highest BCUT2D eigenvalue weighted by atomic mass is 16.5. The van der Waals surface area contributed by atoms with E-state index in [4.69, 9.17) is 15.2 Å². The van der Waals surface area contributed by atoms with Gasteiger partial charge in [-0.1, -0.05) is 0 Å². The molecule has 0 bridgehead atoms. The predicted molar refractivity (Wildman–Crippen MR) is 69.6 cm³/mol. The fourth-order valence-corrected chi connectivity index (χ4v) is 1.98. The van der Waals surface area contributed by atoms with Gasteiger partial charge in [0.05, 0.1) is 24.6 Å². The minimum Gasteiger partial charge on any atom is -0.497 e. The largest absolute Gasteiger partial charge is 0.497 e. The Balaban J connectivity index is 2.06. The van der Waals surface area contributed by atoms with Crippen molar-refractivity contribution in [3.05, 3.63) is 18.2 Å². The van der Waals surface area contributed by atoms with E-state index >= 15 is 0 Å². The summed E-state index contributed by atoms with van der Waals surface area (Å²) in [4.78, 5) is 12.0. The first kappa shape index (κ1) is 12.7. The monoisotopic (exact) mass is 250 g/mol. The number of nitrogens with two attached hydrogens (primary N) is 1. The summed E-state index contributed by atoms with van der Waals surface area (Å²) in [7, 11) is 1.57. The van der Waals surface area contributed by atoms with Crippen LogP contribution in [-0.2, 0) is 9.53 Å². The number of anilines is 2. The number of nitrogens with one attached hydrogen (secondary N) is 1. The Morgan fingerprint density at radius 3 is 2.89 bits per heavy atom. The van der Waals surface area contributed by atoms with Gasteiger partial charge in [-0.05, 0) is 31.9 Å². The van der Waals surface area contributed by atoms with E-state index < -0.39 is 0 Å². The highest BCUT2D eigenvalue weighted by Crippen LogP contribution is 2.26. The average molecular weight is 250 g/mol. The van der Waals surface area contributed by atoms with Crippen molar-refractivity contribution in [3.63, 3.8) is 0 Å². The molecule has 5 heteroatoms.